The molecule has 1 unspecified atom stereocenters. The Balaban J connectivity index is 2.41. The Morgan fingerprint density at radius 1 is 1.27 bits per heavy atom. The number of aliphatic imine (C=N–C) groups is 1. The molecule has 1 aliphatic heterocycles. The third-order valence-electron chi connectivity index (χ3n) is 3.72. The number of carbonyl (C=O) groups excluding carboxylic acids is 1. The van der Waals surface area contributed by atoms with Crippen molar-refractivity contribution < 1.29 is 9.53 Å². The number of rotatable bonds is 8. The first-order valence-electron chi connectivity index (χ1n) is 8.47. The molecule has 2 N–H and O–H groups in total. The minimum absolute atomic E-state index is 0.00331. The van der Waals surface area contributed by atoms with E-state index in [-0.39, 0.29) is 18.6 Å². The lowest BCUT2D eigenvalue weighted by Crippen LogP contribution is -2.43. The van der Waals surface area contributed by atoms with Crippen LogP contribution < -0.4 is 10.6 Å². The summed E-state index contributed by atoms with van der Waals surface area (Å²) in [6.07, 6.45) is 7.22. The fraction of sp³-hybridized carbons (Fsp3) is 0.875. The molecule has 0 radical (unpaired) electrons. The number of hydrogen-bond donors (Lipinski definition) is 2. The number of likely N-dealkylation sites (N-methyl/N-ethyl adjacent to an activating group) is 1. The molecule has 0 saturated carbocycles. The van der Waals surface area contributed by atoms with Crippen LogP contribution in [0.25, 0.3) is 0 Å². The minimum atomic E-state index is 0.00331. The summed E-state index contributed by atoms with van der Waals surface area (Å²) in [7, 11) is 3.49. The zero-order chi connectivity index (χ0) is 16.2. The van der Waals surface area contributed by atoms with E-state index in [4.69, 9.17) is 4.74 Å². The van der Waals surface area contributed by atoms with E-state index in [1.54, 1.807) is 19.0 Å². The van der Waals surface area contributed by atoms with E-state index in [0.717, 1.165) is 39.0 Å². The maximum Gasteiger partial charge on any atom is 0.243 e. The van der Waals surface area contributed by atoms with Crippen LogP contribution >= 0.6 is 0 Å². The monoisotopic (exact) mass is 312 g/mol. The molecule has 1 heterocycles. The highest BCUT2D eigenvalue weighted by atomic mass is 16.5. The smallest absolute Gasteiger partial charge is 0.243 e. The topological polar surface area (TPSA) is 66.0 Å². The number of ether oxygens (including phenoxy) is 1. The lowest BCUT2D eigenvalue weighted by atomic mass is 10.1. The van der Waals surface area contributed by atoms with Crippen molar-refractivity contribution >= 4 is 11.9 Å². The molecule has 0 aromatic rings. The molecular weight excluding hydrogens is 280 g/mol. The van der Waals surface area contributed by atoms with Crippen molar-refractivity contribution in [1.82, 2.24) is 15.5 Å². The molecule has 6 heteroatoms. The van der Waals surface area contributed by atoms with E-state index in [2.05, 4.69) is 22.5 Å². The predicted molar refractivity (Wildman–Crippen MR) is 90.1 cm³/mol. The second kappa shape index (κ2) is 11.3. The standard InChI is InChI=1S/C16H32N4O2/c1-4-5-7-10-17-16(19-13-15(21)20(2)3)18-12-14-9-6-8-11-22-14/h14H,4-13H2,1-3H3,(H2,17,18,19). The highest BCUT2D eigenvalue weighted by Crippen LogP contribution is 2.11. The molecule has 1 rings (SSSR count). The fourth-order valence-electron chi connectivity index (χ4n) is 2.22. The number of nitrogens with one attached hydrogen (secondary N) is 2. The fourth-order valence-corrected chi connectivity index (χ4v) is 2.22. The van der Waals surface area contributed by atoms with Crippen LogP contribution in [0.2, 0.25) is 0 Å². The van der Waals surface area contributed by atoms with E-state index in [1.165, 1.54) is 19.3 Å². The van der Waals surface area contributed by atoms with Crippen molar-refractivity contribution in [3.63, 3.8) is 0 Å². The van der Waals surface area contributed by atoms with Crippen molar-refractivity contribution in [2.45, 2.75) is 51.6 Å². The van der Waals surface area contributed by atoms with Crippen molar-refractivity contribution in [1.29, 1.82) is 0 Å². The van der Waals surface area contributed by atoms with Gasteiger partial charge in [0.25, 0.3) is 0 Å². The van der Waals surface area contributed by atoms with Crippen LogP contribution in [0.4, 0.5) is 0 Å². The Morgan fingerprint density at radius 2 is 2.09 bits per heavy atom. The highest BCUT2D eigenvalue weighted by molar-refractivity contribution is 5.84. The largest absolute Gasteiger partial charge is 0.376 e. The molecule has 6 nitrogen and oxygen atoms in total. The summed E-state index contributed by atoms with van der Waals surface area (Å²) in [6, 6.07) is 0. The van der Waals surface area contributed by atoms with Crippen LogP contribution in [0.5, 0.6) is 0 Å². The summed E-state index contributed by atoms with van der Waals surface area (Å²) in [5.74, 6) is 0.712. The second-order valence-corrected chi connectivity index (χ2v) is 5.96. The zero-order valence-electron chi connectivity index (χ0n) is 14.4. The number of guanidine groups is 1. The van der Waals surface area contributed by atoms with Crippen LogP contribution in [-0.2, 0) is 9.53 Å². The Bertz CT molecular complexity index is 339. The molecule has 1 saturated heterocycles. The van der Waals surface area contributed by atoms with Gasteiger partial charge in [-0.3, -0.25) is 4.79 Å². The summed E-state index contributed by atoms with van der Waals surface area (Å²) in [5, 5.41) is 6.60. The van der Waals surface area contributed by atoms with E-state index < -0.39 is 0 Å². The van der Waals surface area contributed by atoms with Gasteiger partial charge in [0.2, 0.25) is 5.91 Å². The van der Waals surface area contributed by atoms with Crippen LogP contribution in [0, 0.1) is 0 Å². The van der Waals surface area contributed by atoms with Gasteiger partial charge in [0.15, 0.2) is 5.96 Å². The lowest BCUT2D eigenvalue weighted by Gasteiger charge is -2.24. The van der Waals surface area contributed by atoms with E-state index in [1.807, 2.05) is 0 Å². The average molecular weight is 312 g/mol. The first-order chi connectivity index (χ1) is 10.6. The van der Waals surface area contributed by atoms with E-state index in [9.17, 15) is 4.79 Å². The molecule has 1 fully saturated rings. The number of amides is 1. The van der Waals surface area contributed by atoms with Gasteiger partial charge in [-0.15, -0.1) is 0 Å². The molecule has 0 aromatic heterocycles. The van der Waals surface area contributed by atoms with Gasteiger partial charge in [0, 0.05) is 33.8 Å². The molecule has 0 aromatic carbocycles. The Morgan fingerprint density at radius 3 is 2.73 bits per heavy atom. The van der Waals surface area contributed by atoms with E-state index in [0.29, 0.717) is 5.96 Å². The van der Waals surface area contributed by atoms with Crippen molar-refractivity contribution in [2.24, 2.45) is 4.99 Å². The molecule has 1 atom stereocenters. The van der Waals surface area contributed by atoms with Gasteiger partial charge in [0.05, 0.1) is 6.10 Å². The lowest BCUT2D eigenvalue weighted by molar-refractivity contribution is -0.127. The Kier molecular flexibility index (Phi) is 9.62. The van der Waals surface area contributed by atoms with Gasteiger partial charge in [-0.05, 0) is 25.7 Å². The molecular formula is C16H32N4O2. The van der Waals surface area contributed by atoms with Gasteiger partial charge in [-0.2, -0.15) is 0 Å². The summed E-state index contributed by atoms with van der Waals surface area (Å²) in [6.45, 7) is 4.82. The molecule has 1 amide bonds. The summed E-state index contributed by atoms with van der Waals surface area (Å²) in [4.78, 5) is 17.6. The number of hydrogen-bond acceptors (Lipinski definition) is 3. The van der Waals surface area contributed by atoms with Crippen molar-refractivity contribution in [2.75, 3.05) is 40.3 Å². The quantitative estimate of drug-likeness (QED) is 0.404. The highest BCUT2D eigenvalue weighted by Gasteiger charge is 2.14. The van der Waals surface area contributed by atoms with E-state index >= 15 is 0 Å². The maximum absolute atomic E-state index is 11.7. The third-order valence-corrected chi connectivity index (χ3v) is 3.72. The maximum atomic E-state index is 11.7. The first kappa shape index (κ1) is 18.7. The molecule has 0 aliphatic carbocycles. The minimum Gasteiger partial charge on any atom is -0.376 e. The van der Waals surface area contributed by atoms with Crippen LogP contribution in [0.3, 0.4) is 0 Å². The van der Waals surface area contributed by atoms with Crippen molar-refractivity contribution in [3.8, 4) is 0 Å². The molecule has 0 spiro atoms. The van der Waals surface area contributed by atoms with Gasteiger partial charge in [-0.25, -0.2) is 4.99 Å². The Hall–Kier alpha value is -1.30. The van der Waals surface area contributed by atoms with Crippen molar-refractivity contribution in [3.05, 3.63) is 0 Å². The summed E-state index contributed by atoms with van der Waals surface area (Å²) in [5.41, 5.74) is 0. The summed E-state index contributed by atoms with van der Waals surface area (Å²) >= 11 is 0. The molecule has 128 valence electrons. The molecule has 0 bridgehead atoms. The van der Waals surface area contributed by atoms with Crippen LogP contribution in [0.1, 0.15) is 45.4 Å². The number of unbranched alkanes of at least 4 members (excludes halogenated alkanes) is 2. The van der Waals surface area contributed by atoms with Gasteiger partial charge in [0.1, 0.15) is 6.54 Å². The number of carbonyl (C=O) groups is 1. The SMILES string of the molecule is CCCCCNC(=NCC(=O)N(C)C)NCC1CCCCO1. The zero-order valence-corrected chi connectivity index (χ0v) is 14.4. The van der Waals surface area contributed by atoms with Gasteiger partial charge in [-0.1, -0.05) is 19.8 Å². The second-order valence-electron chi connectivity index (χ2n) is 5.96. The number of nitrogens with zero attached hydrogens (tertiary/aromatic N) is 2. The van der Waals surface area contributed by atoms with Crippen LogP contribution in [0.15, 0.2) is 4.99 Å². The predicted octanol–water partition coefficient (Wildman–Crippen LogP) is 1.37. The average Bonchev–Trinajstić information content (AvgIpc) is 2.53. The van der Waals surface area contributed by atoms with Gasteiger partial charge >= 0.3 is 0 Å². The first-order valence-corrected chi connectivity index (χ1v) is 8.47. The normalized spacial score (nSPS) is 18.9. The third kappa shape index (κ3) is 8.22. The van der Waals surface area contributed by atoms with Gasteiger partial charge < -0.3 is 20.3 Å². The summed E-state index contributed by atoms with van der Waals surface area (Å²) < 4.78 is 5.71. The van der Waals surface area contributed by atoms with Crippen LogP contribution in [-0.4, -0.2) is 63.2 Å². The molecule has 1 aliphatic rings. The Labute approximate surface area is 134 Å². The molecule has 22 heavy (non-hydrogen) atoms.